The smallest absolute Gasteiger partial charge is 0.261 e. The zero-order valence-corrected chi connectivity index (χ0v) is 15.8. The van der Waals surface area contributed by atoms with Crippen LogP contribution in [0, 0.1) is 11.6 Å². The summed E-state index contributed by atoms with van der Waals surface area (Å²) in [5.41, 5.74) is 1.81. The molecule has 0 spiro atoms. The molecule has 0 N–H and O–H groups in total. The van der Waals surface area contributed by atoms with Gasteiger partial charge in [-0.05, 0) is 24.3 Å². The predicted octanol–water partition coefficient (Wildman–Crippen LogP) is 3.94. The molecule has 4 heterocycles. The van der Waals surface area contributed by atoms with Gasteiger partial charge in [-0.25, -0.2) is 8.78 Å². The lowest BCUT2D eigenvalue weighted by Crippen LogP contribution is -2.28. The maximum absolute atomic E-state index is 14.1. The third kappa shape index (κ3) is 2.37. The Balaban J connectivity index is 1.51. The molecule has 148 valence electrons. The zero-order chi connectivity index (χ0) is 20.4. The zero-order valence-electron chi connectivity index (χ0n) is 15.0. The molecule has 6 rings (SSSR count). The highest BCUT2D eigenvalue weighted by atomic mass is 35.5. The maximum atomic E-state index is 14.1. The third-order valence-electron chi connectivity index (χ3n) is 4.92. The van der Waals surface area contributed by atoms with Gasteiger partial charge in [-0.1, -0.05) is 17.3 Å². The summed E-state index contributed by atoms with van der Waals surface area (Å²) in [4.78, 5) is 6.26. The van der Waals surface area contributed by atoms with Gasteiger partial charge >= 0.3 is 0 Å². The molecule has 2 aliphatic heterocycles. The lowest BCUT2D eigenvalue weighted by Gasteiger charge is -2.29. The minimum atomic E-state index is -0.801. The Bertz CT molecular complexity index is 1350. The maximum Gasteiger partial charge on any atom is 0.261 e. The molecule has 8 nitrogen and oxygen atoms in total. The van der Waals surface area contributed by atoms with Crippen molar-refractivity contribution in [3.8, 4) is 34.5 Å². The fraction of sp³-hybridized carbons (Fsp3) is 0.0526. The fourth-order valence-electron chi connectivity index (χ4n) is 3.63. The highest BCUT2D eigenvalue weighted by Gasteiger charge is 2.36. The number of hydrogen-bond donors (Lipinski definition) is 0. The Labute approximate surface area is 172 Å². The summed E-state index contributed by atoms with van der Waals surface area (Å²) in [6, 6.07) is 10.9. The molecule has 4 aromatic rings. The number of aromatic nitrogens is 5. The van der Waals surface area contributed by atoms with E-state index in [1.54, 1.807) is 10.8 Å². The number of benzene rings is 2. The van der Waals surface area contributed by atoms with Gasteiger partial charge in [0.1, 0.15) is 24.1 Å². The van der Waals surface area contributed by atoms with Gasteiger partial charge in [-0.2, -0.15) is 4.98 Å². The van der Waals surface area contributed by atoms with Crippen LogP contribution < -0.4 is 4.90 Å². The number of hydrogen-bond acceptors (Lipinski definition) is 7. The largest absolute Gasteiger partial charge is 0.333 e. The summed E-state index contributed by atoms with van der Waals surface area (Å²) >= 11 is 6.24. The molecule has 0 saturated heterocycles. The Morgan fingerprint density at radius 2 is 1.83 bits per heavy atom. The van der Waals surface area contributed by atoms with Crippen molar-refractivity contribution in [3.63, 3.8) is 0 Å². The highest BCUT2D eigenvalue weighted by Crippen LogP contribution is 2.43. The van der Waals surface area contributed by atoms with Gasteiger partial charge in [0.2, 0.25) is 11.6 Å². The van der Waals surface area contributed by atoms with Gasteiger partial charge in [0.25, 0.3) is 5.89 Å². The van der Waals surface area contributed by atoms with Crippen LogP contribution in [0.3, 0.4) is 0 Å². The number of fused-ring (bicyclic) bond motifs is 6. The molecule has 0 saturated carbocycles. The van der Waals surface area contributed by atoms with Gasteiger partial charge < -0.3 is 9.42 Å². The van der Waals surface area contributed by atoms with E-state index < -0.39 is 11.6 Å². The predicted molar refractivity (Wildman–Crippen MR) is 103 cm³/mol. The summed E-state index contributed by atoms with van der Waals surface area (Å²) in [5.74, 6) is 0.144. The monoisotopic (exact) mass is 425 g/mol. The molecule has 0 atom stereocenters. The van der Waals surface area contributed by atoms with E-state index in [1.165, 1.54) is 10.5 Å². The molecule has 2 aromatic heterocycles. The van der Waals surface area contributed by atoms with Crippen LogP contribution in [0.25, 0.3) is 40.3 Å². The van der Waals surface area contributed by atoms with Crippen molar-refractivity contribution in [2.75, 3.05) is 11.6 Å². The van der Waals surface area contributed by atoms with Crippen LogP contribution in [0.5, 0.6) is 0 Å². The Morgan fingerprint density at radius 3 is 2.70 bits per heavy atom. The van der Waals surface area contributed by atoms with Crippen LogP contribution in [0.2, 0.25) is 0 Å². The molecular weight excluding hydrogens is 416 g/mol. The van der Waals surface area contributed by atoms with Gasteiger partial charge in [-0.15, -0.1) is 10.2 Å². The molecule has 0 amide bonds. The van der Waals surface area contributed by atoms with E-state index in [0.29, 0.717) is 18.3 Å². The first-order valence-electron chi connectivity index (χ1n) is 8.86. The van der Waals surface area contributed by atoms with Crippen molar-refractivity contribution in [1.82, 2.24) is 29.3 Å². The molecule has 11 heteroatoms. The molecular formula is C19H10ClF2N7O. The van der Waals surface area contributed by atoms with Crippen molar-refractivity contribution >= 4 is 23.3 Å². The molecule has 2 aromatic carbocycles. The van der Waals surface area contributed by atoms with Crippen LogP contribution in [-0.4, -0.2) is 36.0 Å². The summed E-state index contributed by atoms with van der Waals surface area (Å²) in [5, 5.41) is 12.5. The molecule has 2 aliphatic rings. The first-order chi connectivity index (χ1) is 14.6. The molecule has 0 radical (unpaired) electrons. The molecule has 30 heavy (non-hydrogen) atoms. The van der Waals surface area contributed by atoms with Crippen molar-refractivity contribution in [1.29, 1.82) is 0 Å². The summed E-state index contributed by atoms with van der Waals surface area (Å²) in [7, 11) is 0. The second-order valence-corrected chi connectivity index (χ2v) is 7.14. The second kappa shape index (κ2) is 6.10. The summed E-state index contributed by atoms with van der Waals surface area (Å²) in [6.07, 6.45) is 1.74. The number of halogens is 3. The minimum absolute atomic E-state index is 0.00693. The molecule has 0 bridgehead atoms. The number of anilines is 1. The van der Waals surface area contributed by atoms with Crippen molar-refractivity contribution < 1.29 is 13.3 Å². The minimum Gasteiger partial charge on any atom is -0.333 e. The molecule has 0 unspecified atom stereocenters. The Kier molecular flexibility index (Phi) is 3.48. The highest BCUT2D eigenvalue weighted by molar-refractivity contribution is 6.15. The van der Waals surface area contributed by atoms with Crippen LogP contribution in [-0.2, 0) is 0 Å². The van der Waals surface area contributed by atoms with Crippen LogP contribution in [0.4, 0.5) is 14.5 Å². The molecule has 0 aliphatic carbocycles. The number of rotatable bonds is 2. The van der Waals surface area contributed by atoms with Crippen LogP contribution >= 0.6 is 11.8 Å². The summed E-state index contributed by atoms with van der Waals surface area (Å²) in [6.45, 7) is 0.434. The number of nitrogens with zero attached hydrogens (tertiary/aromatic N) is 7. The number of para-hydroxylation sites is 1. The van der Waals surface area contributed by atoms with Gasteiger partial charge in [0, 0.05) is 23.4 Å². The first-order valence-corrected chi connectivity index (χ1v) is 9.20. The van der Waals surface area contributed by atoms with E-state index in [1.807, 2.05) is 29.2 Å². The van der Waals surface area contributed by atoms with Gasteiger partial charge in [0.05, 0.1) is 17.5 Å². The lowest BCUT2D eigenvalue weighted by atomic mass is 10.1. The molecule has 0 fully saturated rings. The average molecular weight is 426 g/mol. The van der Waals surface area contributed by atoms with E-state index in [4.69, 9.17) is 16.3 Å². The van der Waals surface area contributed by atoms with E-state index in [0.717, 1.165) is 29.2 Å². The van der Waals surface area contributed by atoms with Gasteiger partial charge in [0.15, 0.2) is 5.82 Å². The first kappa shape index (κ1) is 17.1. The lowest BCUT2D eigenvalue weighted by molar-refractivity contribution is 0.429. The topological polar surface area (TPSA) is 76.1 Å². The fourth-order valence-corrected chi connectivity index (χ4v) is 3.82. The van der Waals surface area contributed by atoms with E-state index in [9.17, 15) is 8.78 Å². The van der Waals surface area contributed by atoms with Crippen molar-refractivity contribution in [3.05, 3.63) is 60.3 Å². The SMILES string of the molecule is Fc1ccc(-c2nc(-c3nnc4n3C3=CN(Cl)CN3c3ccccc3-4)no2)c(F)c1. The van der Waals surface area contributed by atoms with E-state index >= 15 is 0 Å². The van der Waals surface area contributed by atoms with E-state index in [-0.39, 0.29) is 17.3 Å². The summed E-state index contributed by atoms with van der Waals surface area (Å²) < 4.78 is 35.8. The Hall–Kier alpha value is -3.79. The van der Waals surface area contributed by atoms with Gasteiger partial charge in [-0.3, -0.25) is 8.99 Å². The second-order valence-electron chi connectivity index (χ2n) is 6.70. The van der Waals surface area contributed by atoms with Crippen LogP contribution in [0.1, 0.15) is 0 Å². The Morgan fingerprint density at radius 1 is 1.00 bits per heavy atom. The normalized spacial score (nSPS) is 14.4. The van der Waals surface area contributed by atoms with Crippen LogP contribution in [0.15, 0.2) is 53.2 Å². The van der Waals surface area contributed by atoms with E-state index in [2.05, 4.69) is 20.3 Å². The average Bonchev–Trinajstić information content (AvgIpc) is 3.45. The van der Waals surface area contributed by atoms with Crippen molar-refractivity contribution in [2.24, 2.45) is 0 Å². The van der Waals surface area contributed by atoms with Crippen molar-refractivity contribution in [2.45, 2.75) is 0 Å². The quantitative estimate of drug-likeness (QED) is 0.450. The third-order valence-corrected chi connectivity index (χ3v) is 5.13. The standard InChI is InChI=1S/C19H10ClF2N7O/c20-27-8-15-28(9-27)14-4-2-1-3-12(14)17-24-25-18(29(15)17)16-23-19(30-26-16)11-6-5-10(21)7-13(11)22/h1-8H,9H2.